The second-order valence-electron chi connectivity index (χ2n) is 6.57. The molecule has 0 aromatic rings. The molecule has 0 radical (unpaired) electrons. The van der Waals surface area contributed by atoms with Crippen molar-refractivity contribution >= 4 is 9.84 Å². The lowest BCUT2D eigenvalue weighted by molar-refractivity contribution is 0.132. The van der Waals surface area contributed by atoms with E-state index in [0.29, 0.717) is 17.4 Å². The Morgan fingerprint density at radius 3 is 2.63 bits per heavy atom. The van der Waals surface area contributed by atoms with Crippen LogP contribution in [0.25, 0.3) is 0 Å². The summed E-state index contributed by atoms with van der Waals surface area (Å²) < 4.78 is 23.1. The van der Waals surface area contributed by atoms with Crippen LogP contribution in [0, 0.1) is 5.92 Å². The van der Waals surface area contributed by atoms with Gasteiger partial charge in [0.15, 0.2) is 9.84 Å². The molecule has 0 aromatic carbocycles. The van der Waals surface area contributed by atoms with Crippen molar-refractivity contribution < 1.29 is 8.42 Å². The van der Waals surface area contributed by atoms with Gasteiger partial charge >= 0.3 is 0 Å². The zero-order valence-electron chi connectivity index (χ0n) is 11.8. The molecule has 3 rings (SSSR count). The smallest absolute Gasteiger partial charge is 0.150 e. The molecular weight excluding hydrogens is 260 g/mol. The van der Waals surface area contributed by atoms with E-state index >= 15 is 0 Å². The molecule has 110 valence electrons. The molecule has 0 spiro atoms. The van der Waals surface area contributed by atoms with E-state index in [0.717, 1.165) is 32.1 Å². The summed E-state index contributed by atoms with van der Waals surface area (Å²) in [5, 5.41) is 0. The van der Waals surface area contributed by atoms with Gasteiger partial charge in [0.1, 0.15) is 0 Å². The number of fused-ring (bicyclic) bond motifs is 1. The first-order valence-corrected chi connectivity index (χ1v) is 9.61. The fourth-order valence-electron chi connectivity index (χ4n) is 3.99. The van der Waals surface area contributed by atoms with Crippen molar-refractivity contribution in [2.75, 3.05) is 44.2 Å². The van der Waals surface area contributed by atoms with Gasteiger partial charge in [-0.3, -0.25) is 4.90 Å². The lowest BCUT2D eigenvalue weighted by Gasteiger charge is -2.35. The van der Waals surface area contributed by atoms with Crippen molar-refractivity contribution in [3.05, 3.63) is 0 Å². The molecule has 0 aliphatic carbocycles. The van der Waals surface area contributed by atoms with Crippen LogP contribution in [0.3, 0.4) is 0 Å². The van der Waals surface area contributed by atoms with E-state index < -0.39 is 9.84 Å². The normalized spacial score (nSPS) is 36.8. The van der Waals surface area contributed by atoms with Crippen LogP contribution in [0.1, 0.15) is 32.1 Å². The molecule has 3 heterocycles. The van der Waals surface area contributed by atoms with Crippen molar-refractivity contribution in [1.29, 1.82) is 0 Å². The van der Waals surface area contributed by atoms with Gasteiger partial charge in [0.25, 0.3) is 0 Å². The van der Waals surface area contributed by atoms with Crippen LogP contribution in [0.5, 0.6) is 0 Å². The molecule has 5 heteroatoms. The molecule has 3 fully saturated rings. The van der Waals surface area contributed by atoms with Gasteiger partial charge in [-0.2, -0.15) is 0 Å². The lowest BCUT2D eigenvalue weighted by Crippen LogP contribution is -2.44. The van der Waals surface area contributed by atoms with Crippen LogP contribution in [-0.2, 0) is 9.84 Å². The second-order valence-corrected chi connectivity index (χ2v) is 8.80. The summed E-state index contributed by atoms with van der Waals surface area (Å²) in [5.41, 5.74) is 0. The lowest BCUT2D eigenvalue weighted by atomic mass is 10.0. The maximum Gasteiger partial charge on any atom is 0.150 e. The number of piperidine rings is 1. The molecule has 3 saturated heterocycles. The molecular formula is C14H26N2O2S. The minimum atomic E-state index is -2.72. The highest BCUT2D eigenvalue weighted by Gasteiger charge is 2.32. The predicted octanol–water partition coefficient (Wildman–Crippen LogP) is 0.981. The number of hydrogen-bond donors (Lipinski definition) is 0. The molecule has 0 aromatic heterocycles. The summed E-state index contributed by atoms with van der Waals surface area (Å²) in [6.45, 7) is 5.84. The van der Waals surface area contributed by atoms with E-state index in [4.69, 9.17) is 0 Å². The Balaban J connectivity index is 1.56. The van der Waals surface area contributed by atoms with Gasteiger partial charge in [0.05, 0.1) is 11.5 Å². The van der Waals surface area contributed by atoms with Crippen LogP contribution in [0.2, 0.25) is 0 Å². The highest BCUT2D eigenvalue weighted by Crippen LogP contribution is 2.24. The molecule has 0 amide bonds. The Morgan fingerprint density at radius 2 is 1.84 bits per heavy atom. The quantitative estimate of drug-likeness (QED) is 0.759. The van der Waals surface area contributed by atoms with E-state index in [2.05, 4.69) is 9.80 Å². The van der Waals surface area contributed by atoms with Crippen LogP contribution >= 0.6 is 0 Å². The van der Waals surface area contributed by atoms with Crippen molar-refractivity contribution in [3.63, 3.8) is 0 Å². The Bertz CT molecular complexity index is 410. The summed E-state index contributed by atoms with van der Waals surface area (Å²) in [7, 11) is -2.72. The first kappa shape index (κ1) is 13.8. The third-order valence-corrected chi connectivity index (χ3v) is 6.82. The van der Waals surface area contributed by atoms with Gasteiger partial charge in [-0.15, -0.1) is 0 Å². The number of rotatable bonds is 2. The average molecular weight is 286 g/mol. The fourth-order valence-corrected chi connectivity index (χ4v) is 5.84. The van der Waals surface area contributed by atoms with E-state index in [1.165, 1.54) is 38.8 Å². The van der Waals surface area contributed by atoms with Crippen molar-refractivity contribution in [1.82, 2.24) is 9.80 Å². The van der Waals surface area contributed by atoms with Crippen molar-refractivity contribution in [2.45, 2.75) is 38.1 Å². The maximum absolute atomic E-state index is 11.6. The standard InChI is InChI=1S/C14H26N2O2S/c17-19(18)9-5-13(12-19)10-15-6-3-8-16-7-2-1-4-14(16)11-15/h13-14H,1-12H2. The SMILES string of the molecule is O=S1(=O)CCC(CN2CCCN3CCCCC3C2)C1. The van der Waals surface area contributed by atoms with E-state index in [1.54, 1.807) is 0 Å². The molecule has 0 saturated carbocycles. The number of nitrogens with zero attached hydrogens (tertiary/aromatic N) is 2. The zero-order valence-corrected chi connectivity index (χ0v) is 12.6. The topological polar surface area (TPSA) is 40.6 Å². The third kappa shape index (κ3) is 3.50. The minimum Gasteiger partial charge on any atom is -0.301 e. The summed E-state index contributed by atoms with van der Waals surface area (Å²) >= 11 is 0. The van der Waals surface area contributed by atoms with Gasteiger partial charge < -0.3 is 4.90 Å². The van der Waals surface area contributed by atoms with E-state index in [9.17, 15) is 8.42 Å². The molecule has 3 aliphatic heterocycles. The minimum absolute atomic E-state index is 0.389. The monoisotopic (exact) mass is 286 g/mol. The zero-order chi connectivity index (χ0) is 13.3. The average Bonchev–Trinajstić information content (AvgIpc) is 2.60. The summed E-state index contributed by atoms with van der Waals surface area (Å²) in [4.78, 5) is 5.20. The Labute approximate surface area is 117 Å². The third-order valence-electron chi connectivity index (χ3n) is 4.98. The Kier molecular flexibility index (Phi) is 4.15. The highest BCUT2D eigenvalue weighted by atomic mass is 32.2. The van der Waals surface area contributed by atoms with Crippen molar-refractivity contribution in [3.8, 4) is 0 Å². The molecule has 4 nitrogen and oxygen atoms in total. The predicted molar refractivity (Wildman–Crippen MR) is 77.0 cm³/mol. The van der Waals surface area contributed by atoms with Gasteiger partial charge in [-0.25, -0.2) is 8.42 Å². The largest absolute Gasteiger partial charge is 0.301 e. The van der Waals surface area contributed by atoms with Gasteiger partial charge in [-0.05, 0) is 51.2 Å². The summed E-state index contributed by atoms with van der Waals surface area (Å²) in [6, 6.07) is 0.731. The Morgan fingerprint density at radius 1 is 1.00 bits per heavy atom. The van der Waals surface area contributed by atoms with Crippen molar-refractivity contribution in [2.24, 2.45) is 5.92 Å². The molecule has 0 N–H and O–H groups in total. The molecule has 0 bridgehead atoms. The van der Waals surface area contributed by atoms with Gasteiger partial charge in [0, 0.05) is 19.1 Å². The molecule has 2 unspecified atom stereocenters. The van der Waals surface area contributed by atoms with E-state index in [-0.39, 0.29) is 0 Å². The maximum atomic E-state index is 11.6. The number of sulfone groups is 1. The fraction of sp³-hybridized carbons (Fsp3) is 1.00. The van der Waals surface area contributed by atoms with Crippen LogP contribution in [-0.4, -0.2) is 68.5 Å². The van der Waals surface area contributed by atoms with Crippen LogP contribution < -0.4 is 0 Å². The summed E-state index contributed by atoms with van der Waals surface area (Å²) in [5.74, 6) is 1.24. The first-order chi connectivity index (χ1) is 9.12. The summed E-state index contributed by atoms with van der Waals surface area (Å²) in [6.07, 6.45) is 6.19. The second kappa shape index (κ2) is 5.70. The van der Waals surface area contributed by atoms with Gasteiger partial charge in [0.2, 0.25) is 0 Å². The first-order valence-electron chi connectivity index (χ1n) is 7.79. The Hall–Kier alpha value is -0.130. The van der Waals surface area contributed by atoms with Crippen LogP contribution in [0.4, 0.5) is 0 Å². The molecule has 19 heavy (non-hydrogen) atoms. The number of hydrogen-bond acceptors (Lipinski definition) is 4. The highest BCUT2D eigenvalue weighted by molar-refractivity contribution is 7.91. The van der Waals surface area contributed by atoms with Gasteiger partial charge in [-0.1, -0.05) is 6.42 Å². The molecule has 2 atom stereocenters. The van der Waals surface area contributed by atoms with Crippen LogP contribution in [0.15, 0.2) is 0 Å². The molecule has 3 aliphatic rings. The van der Waals surface area contributed by atoms with E-state index in [1.807, 2.05) is 0 Å².